The molecule has 0 unspecified atom stereocenters. The van der Waals surface area contributed by atoms with Gasteiger partial charge in [0, 0.05) is 12.1 Å². The standard InChI is InChI=1S/C20H18Cl2N4O2/c1-12-7-9-13(10-8-12)18-24-19(28-25-18)16-6-3-11-26(16)20(27)23-15-5-2-4-14(21)17(15)22/h2,4-5,7-10,16H,3,6,11H2,1H3,(H,23,27)/t16-/m0/s1. The summed E-state index contributed by atoms with van der Waals surface area (Å²) < 4.78 is 5.48. The van der Waals surface area contributed by atoms with Crippen LogP contribution in [-0.2, 0) is 0 Å². The molecule has 1 aliphatic heterocycles. The van der Waals surface area contributed by atoms with E-state index in [2.05, 4.69) is 15.5 Å². The minimum atomic E-state index is -0.276. The number of halogens is 2. The van der Waals surface area contributed by atoms with Gasteiger partial charge in [-0.15, -0.1) is 0 Å². The van der Waals surface area contributed by atoms with Crippen LogP contribution >= 0.6 is 23.2 Å². The Morgan fingerprint density at radius 2 is 2.00 bits per heavy atom. The van der Waals surface area contributed by atoms with Crippen LogP contribution in [-0.4, -0.2) is 27.6 Å². The number of urea groups is 1. The van der Waals surface area contributed by atoms with Crippen LogP contribution in [0.1, 0.15) is 30.3 Å². The number of aromatic nitrogens is 2. The van der Waals surface area contributed by atoms with E-state index in [0.29, 0.717) is 34.0 Å². The molecule has 4 rings (SSSR count). The van der Waals surface area contributed by atoms with Gasteiger partial charge in [0.25, 0.3) is 0 Å². The molecule has 1 fully saturated rings. The van der Waals surface area contributed by atoms with Crippen LogP contribution in [0.25, 0.3) is 11.4 Å². The molecule has 2 aromatic carbocycles. The van der Waals surface area contributed by atoms with Gasteiger partial charge < -0.3 is 14.7 Å². The first-order chi connectivity index (χ1) is 13.5. The summed E-state index contributed by atoms with van der Waals surface area (Å²) in [6, 6.07) is 12.4. The van der Waals surface area contributed by atoms with Gasteiger partial charge in [-0.1, -0.05) is 64.3 Å². The Morgan fingerprint density at radius 1 is 1.21 bits per heavy atom. The van der Waals surface area contributed by atoms with Crippen LogP contribution < -0.4 is 5.32 Å². The molecule has 8 heteroatoms. The topological polar surface area (TPSA) is 71.3 Å². The number of carbonyl (C=O) groups is 1. The van der Waals surface area contributed by atoms with Crippen molar-refractivity contribution in [1.29, 1.82) is 0 Å². The number of aryl methyl sites for hydroxylation is 1. The van der Waals surface area contributed by atoms with Gasteiger partial charge in [0.05, 0.1) is 15.7 Å². The Kier molecular flexibility index (Phi) is 5.24. The minimum absolute atomic E-state index is 0.273. The summed E-state index contributed by atoms with van der Waals surface area (Å²) >= 11 is 12.2. The molecule has 1 atom stereocenters. The fraction of sp³-hybridized carbons (Fsp3) is 0.250. The van der Waals surface area contributed by atoms with Crippen molar-refractivity contribution in [3.05, 3.63) is 64.0 Å². The summed E-state index contributed by atoms with van der Waals surface area (Å²) in [4.78, 5) is 19.0. The monoisotopic (exact) mass is 416 g/mol. The Balaban J connectivity index is 1.53. The van der Waals surface area contributed by atoms with Crippen molar-refractivity contribution in [2.75, 3.05) is 11.9 Å². The highest BCUT2D eigenvalue weighted by Crippen LogP contribution is 2.34. The number of rotatable bonds is 3. The molecule has 0 saturated carbocycles. The van der Waals surface area contributed by atoms with Crippen LogP contribution in [0.3, 0.4) is 0 Å². The lowest BCUT2D eigenvalue weighted by molar-refractivity contribution is 0.193. The van der Waals surface area contributed by atoms with Crippen molar-refractivity contribution in [2.24, 2.45) is 0 Å². The smallest absolute Gasteiger partial charge is 0.322 e. The van der Waals surface area contributed by atoms with Crippen molar-refractivity contribution >= 4 is 34.9 Å². The number of amides is 2. The normalized spacial score (nSPS) is 16.4. The largest absolute Gasteiger partial charge is 0.337 e. The van der Waals surface area contributed by atoms with Crippen LogP contribution in [0.2, 0.25) is 10.0 Å². The highest BCUT2D eigenvalue weighted by atomic mass is 35.5. The second-order valence-corrected chi connectivity index (χ2v) is 7.49. The van der Waals surface area contributed by atoms with Gasteiger partial charge in [0.2, 0.25) is 11.7 Å². The molecule has 0 spiro atoms. The van der Waals surface area contributed by atoms with E-state index in [-0.39, 0.29) is 12.1 Å². The maximum atomic E-state index is 12.8. The van der Waals surface area contributed by atoms with E-state index in [1.807, 2.05) is 31.2 Å². The SMILES string of the molecule is Cc1ccc(-c2noc([C@@H]3CCCN3C(=O)Nc3cccc(Cl)c3Cl)n2)cc1. The molecular weight excluding hydrogens is 399 g/mol. The fourth-order valence-corrected chi connectivity index (χ4v) is 3.59. The zero-order valence-electron chi connectivity index (χ0n) is 15.2. The second kappa shape index (κ2) is 7.81. The molecular formula is C20H18Cl2N4O2. The molecule has 2 amide bonds. The lowest BCUT2D eigenvalue weighted by Crippen LogP contribution is -2.34. The Labute approximate surface area is 172 Å². The molecule has 0 radical (unpaired) electrons. The van der Waals surface area contributed by atoms with Crippen molar-refractivity contribution in [1.82, 2.24) is 15.0 Å². The maximum absolute atomic E-state index is 12.8. The van der Waals surface area contributed by atoms with E-state index >= 15 is 0 Å². The van der Waals surface area contributed by atoms with E-state index in [0.717, 1.165) is 24.0 Å². The first-order valence-corrected chi connectivity index (χ1v) is 9.71. The van der Waals surface area contributed by atoms with Gasteiger partial charge in [-0.2, -0.15) is 4.98 Å². The predicted octanol–water partition coefficient (Wildman–Crippen LogP) is 5.72. The highest BCUT2D eigenvalue weighted by molar-refractivity contribution is 6.43. The first-order valence-electron chi connectivity index (χ1n) is 8.95. The lowest BCUT2D eigenvalue weighted by atomic mass is 10.1. The van der Waals surface area contributed by atoms with Gasteiger partial charge in [0.15, 0.2) is 0 Å². The molecule has 1 aromatic heterocycles. The molecule has 1 N–H and O–H groups in total. The van der Waals surface area contributed by atoms with Crippen molar-refractivity contribution < 1.29 is 9.32 Å². The molecule has 6 nitrogen and oxygen atoms in total. The van der Waals surface area contributed by atoms with E-state index < -0.39 is 0 Å². The van der Waals surface area contributed by atoms with Crippen LogP contribution in [0.15, 0.2) is 47.0 Å². The molecule has 1 aliphatic rings. The number of nitrogens with one attached hydrogen (secondary N) is 1. The summed E-state index contributed by atoms with van der Waals surface area (Å²) in [5.41, 5.74) is 2.50. The predicted molar refractivity (Wildman–Crippen MR) is 109 cm³/mol. The third-order valence-corrected chi connectivity index (χ3v) is 5.56. The lowest BCUT2D eigenvalue weighted by Gasteiger charge is -2.22. The molecule has 28 heavy (non-hydrogen) atoms. The molecule has 3 aromatic rings. The summed E-state index contributed by atoms with van der Waals surface area (Å²) in [7, 11) is 0. The number of hydrogen-bond donors (Lipinski definition) is 1. The summed E-state index contributed by atoms with van der Waals surface area (Å²) in [6.45, 7) is 2.61. The van der Waals surface area contributed by atoms with Crippen molar-refractivity contribution in [3.63, 3.8) is 0 Å². The van der Waals surface area contributed by atoms with E-state index in [9.17, 15) is 4.79 Å². The molecule has 1 saturated heterocycles. The third kappa shape index (κ3) is 3.70. The van der Waals surface area contributed by atoms with Gasteiger partial charge in [-0.3, -0.25) is 0 Å². The zero-order chi connectivity index (χ0) is 19.7. The maximum Gasteiger partial charge on any atom is 0.322 e. The average molecular weight is 417 g/mol. The summed E-state index contributed by atoms with van der Waals surface area (Å²) in [5.74, 6) is 0.945. The van der Waals surface area contributed by atoms with Crippen LogP contribution in [0, 0.1) is 6.92 Å². The Bertz CT molecular complexity index is 1000. The van der Waals surface area contributed by atoms with Crippen molar-refractivity contribution in [3.8, 4) is 11.4 Å². The van der Waals surface area contributed by atoms with Gasteiger partial charge in [-0.05, 0) is 31.9 Å². The number of carbonyl (C=O) groups excluding carboxylic acids is 1. The third-order valence-electron chi connectivity index (χ3n) is 4.74. The van der Waals surface area contributed by atoms with E-state index in [1.165, 1.54) is 0 Å². The molecule has 0 aliphatic carbocycles. The first kappa shape index (κ1) is 18.8. The number of hydrogen-bond acceptors (Lipinski definition) is 4. The number of likely N-dealkylation sites (tertiary alicyclic amines) is 1. The van der Waals surface area contributed by atoms with Crippen LogP contribution in [0.4, 0.5) is 10.5 Å². The minimum Gasteiger partial charge on any atom is -0.337 e. The number of nitrogens with zero attached hydrogens (tertiary/aromatic N) is 3. The Morgan fingerprint density at radius 3 is 2.79 bits per heavy atom. The Hall–Kier alpha value is -2.57. The molecule has 0 bridgehead atoms. The van der Waals surface area contributed by atoms with Crippen LogP contribution in [0.5, 0.6) is 0 Å². The van der Waals surface area contributed by atoms with E-state index in [1.54, 1.807) is 23.1 Å². The van der Waals surface area contributed by atoms with Gasteiger partial charge >= 0.3 is 6.03 Å². The second-order valence-electron chi connectivity index (χ2n) is 6.71. The van der Waals surface area contributed by atoms with Crippen molar-refractivity contribution in [2.45, 2.75) is 25.8 Å². The number of benzene rings is 2. The zero-order valence-corrected chi connectivity index (χ0v) is 16.7. The quantitative estimate of drug-likeness (QED) is 0.592. The van der Waals surface area contributed by atoms with Gasteiger partial charge in [0.1, 0.15) is 6.04 Å². The number of anilines is 1. The molecule has 2 heterocycles. The average Bonchev–Trinajstić information content (AvgIpc) is 3.35. The fourth-order valence-electron chi connectivity index (χ4n) is 3.24. The summed E-state index contributed by atoms with van der Waals surface area (Å²) in [6.07, 6.45) is 1.61. The summed E-state index contributed by atoms with van der Waals surface area (Å²) in [5, 5.41) is 7.60. The molecule has 144 valence electrons. The van der Waals surface area contributed by atoms with Gasteiger partial charge in [-0.25, -0.2) is 4.79 Å². The highest BCUT2D eigenvalue weighted by Gasteiger charge is 2.34. The van der Waals surface area contributed by atoms with E-state index in [4.69, 9.17) is 27.7 Å².